The minimum atomic E-state index is -3.58. The number of amides is 1. The van der Waals surface area contributed by atoms with Crippen molar-refractivity contribution in [1.82, 2.24) is 4.31 Å². The molecule has 30 heavy (non-hydrogen) atoms. The normalized spacial score (nSPS) is 15.0. The maximum atomic E-state index is 13.0. The van der Waals surface area contributed by atoms with Crippen molar-refractivity contribution in [2.45, 2.75) is 50.8 Å². The molecule has 7 heteroatoms. The highest BCUT2D eigenvalue weighted by atomic mass is 32.2. The van der Waals surface area contributed by atoms with E-state index < -0.39 is 10.0 Å². The van der Waals surface area contributed by atoms with Crippen molar-refractivity contribution in [2.75, 3.05) is 25.5 Å². The van der Waals surface area contributed by atoms with E-state index >= 15 is 0 Å². The molecule has 1 aliphatic rings. The van der Waals surface area contributed by atoms with Crippen LogP contribution in [0, 0.1) is 13.8 Å². The van der Waals surface area contributed by atoms with E-state index in [-0.39, 0.29) is 10.8 Å². The molecule has 0 spiro atoms. The highest BCUT2D eigenvalue weighted by Gasteiger charge is 2.27. The second-order valence-electron chi connectivity index (χ2n) is 7.80. The number of anilines is 1. The Balaban J connectivity index is 1.74. The van der Waals surface area contributed by atoms with Gasteiger partial charge in [0, 0.05) is 19.5 Å². The Kier molecular flexibility index (Phi) is 7.15. The number of carbonyl (C=O) groups excluding carboxylic acids is 1. The quantitative estimate of drug-likeness (QED) is 0.719. The number of carbonyl (C=O) groups is 1. The summed E-state index contributed by atoms with van der Waals surface area (Å²) in [5.74, 6) is 0.258. The van der Waals surface area contributed by atoms with E-state index in [9.17, 15) is 13.2 Å². The molecule has 6 nitrogen and oxygen atoms in total. The molecule has 162 valence electrons. The number of benzene rings is 2. The van der Waals surface area contributed by atoms with Gasteiger partial charge in [0.05, 0.1) is 17.7 Å². The van der Waals surface area contributed by atoms with Crippen molar-refractivity contribution in [3.63, 3.8) is 0 Å². The van der Waals surface area contributed by atoms with Gasteiger partial charge < -0.3 is 10.1 Å². The van der Waals surface area contributed by atoms with E-state index in [4.69, 9.17) is 4.74 Å². The van der Waals surface area contributed by atoms with Crippen LogP contribution in [-0.2, 0) is 21.2 Å². The Morgan fingerprint density at radius 2 is 1.80 bits per heavy atom. The maximum Gasteiger partial charge on any atom is 0.243 e. The number of hydrogen-bond acceptors (Lipinski definition) is 4. The second-order valence-corrected chi connectivity index (χ2v) is 9.74. The van der Waals surface area contributed by atoms with Crippen molar-refractivity contribution in [3.8, 4) is 5.75 Å². The largest absolute Gasteiger partial charge is 0.495 e. The number of ether oxygens (including phenoxy) is 1. The van der Waals surface area contributed by atoms with Gasteiger partial charge in [-0.2, -0.15) is 4.31 Å². The first-order valence-electron chi connectivity index (χ1n) is 10.4. The fraction of sp³-hybridized carbons (Fsp3) is 0.435. The van der Waals surface area contributed by atoms with Gasteiger partial charge in [-0.05, 0) is 62.4 Å². The van der Waals surface area contributed by atoms with Crippen LogP contribution >= 0.6 is 0 Å². The summed E-state index contributed by atoms with van der Waals surface area (Å²) in [6.45, 7) is 5.15. The molecule has 0 radical (unpaired) electrons. The predicted molar refractivity (Wildman–Crippen MR) is 118 cm³/mol. The number of aryl methyl sites for hydroxylation is 3. The minimum Gasteiger partial charge on any atom is -0.495 e. The molecule has 0 unspecified atom stereocenters. The standard InChI is InChI=1S/C23H30N2O4S/c1-17-7-8-19(18(2)15-17)9-12-23(26)24-21-16-20(10-11-22(21)29-3)30(27,28)25-13-5-4-6-14-25/h7-8,10-11,15-16H,4-6,9,12-14H2,1-3H3,(H,24,26). The number of nitrogens with zero attached hydrogens (tertiary/aromatic N) is 1. The summed E-state index contributed by atoms with van der Waals surface area (Å²) in [6.07, 6.45) is 3.72. The highest BCUT2D eigenvalue weighted by Crippen LogP contribution is 2.30. The van der Waals surface area contributed by atoms with Crippen LogP contribution in [0.15, 0.2) is 41.3 Å². The molecule has 0 atom stereocenters. The molecule has 1 aliphatic heterocycles. The Bertz CT molecular complexity index is 1010. The van der Waals surface area contributed by atoms with Crippen LogP contribution < -0.4 is 10.1 Å². The molecule has 1 amide bonds. The highest BCUT2D eigenvalue weighted by molar-refractivity contribution is 7.89. The third-order valence-corrected chi connectivity index (χ3v) is 7.41. The number of nitrogens with one attached hydrogen (secondary N) is 1. The lowest BCUT2D eigenvalue weighted by Crippen LogP contribution is -2.35. The van der Waals surface area contributed by atoms with E-state index in [2.05, 4.69) is 11.4 Å². The summed E-state index contributed by atoms with van der Waals surface area (Å²) in [7, 11) is -2.08. The number of piperidine rings is 1. The van der Waals surface area contributed by atoms with Gasteiger partial charge in [0.15, 0.2) is 0 Å². The van der Waals surface area contributed by atoms with E-state index in [0.717, 1.165) is 30.4 Å². The summed E-state index contributed by atoms with van der Waals surface area (Å²) in [4.78, 5) is 12.7. The lowest BCUT2D eigenvalue weighted by Gasteiger charge is -2.26. The average molecular weight is 431 g/mol. The molecular formula is C23H30N2O4S. The fourth-order valence-corrected chi connectivity index (χ4v) is 5.33. The van der Waals surface area contributed by atoms with Gasteiger partial charge >= 0.3 is 0 Å². The molecule has 1 heterocycles. The zero-order valence-corrected chi connectivity index (χ0v) is 18.7. The molecule has 1 N–H and O–H groups in total. The van der Waals surface area contributed by atoms with Crippen LogP contribution in [0.1, 0.15) is 42.4 Å². The Labute approximate surface area is 179 Å². The molecule has 2 aromatic carbocycles. The number of methoxy groups -OCH3 is 1. The van der Waals surface area contributed by atoms with Crippen LogP contribution in [0.4, 0.5) is 5.69 Å². The first kappa shape index (κ1) is 22.3. The first-order chi connectivity index (χ1) is 14.3. The van der Waals surface area contributed by atoms with Gasteiger partial charge in [-0.3, -0.25) is 4.79 Å². The van der Waals surface area contributed by atoms with Crippen LogP contribution in [0.2, 0.25) is 0 Å². The van der Waals surface area contributed by atoms with Gasteiger partial charge in [0.2, 0.25) is 15.9 Å². The van der Waals surface area contributed by atoms with Gasteiger partial charge in [0.25, 0.3) is 0 Å². The number of hydrogen-bond donors (Lipinski definition) is 1. The maximum absolute atomic E-state index is 13.0. The zero-order valence-electron chi connectivity index (χ0n) is 17.9. The van der Waals surface area contributed by atoms with Crippen LogP contribution in [-0.4, -0.2) is 38.8 Å². The minimum absolute atomic E-state index is 0.176. The number of sulfonamides is 1. The van der Waals surface area contributed by atoms with Gasteiger partial charge in [0.1, 0.15) is 5.75 Å². The molecule has 0 aliphatic carbocycles. The van der Waals surface area contributed by atoms with Crippen molar-refractivity contribution >= 4 is 21.6 Å². The van der Waals surface area contributed by atoms with E-state index in [1.165, 1.54) is 29.1 Å². The molecule has 0 saturated carbocycles. The second kappa shape index (κ2) is 9.62. The summed E-state index contributed by atoms with van der Waals surface area (Å²) in [6, 6.07) is 10.8. The molecule has 3 rings (SSSR count). The molecule has 0 bridgehead atoms. The predicted octanol–water partition coefficient (Wildman–Crippen LogP) is 4.06. The SMILES string of the molecule is COc1ccc(S(=O)(=O)N2CCCCC2)cc1NC(=O)CCc1ccc(C)cc1C. The zero-order chi connectivity index (χ0) is 21.7. The topological polar surface area (TPSA) is 75.7 Å². The summed E-state index contributed by atoms with van der Waals surface area (Å²) in [5, 5.41) is 2.83. The number of rotatable bonds is 7. The third-order valence-electron chi connectivity index (χ3n) is 5.52. The summed E-state index contributed by atoms with van der Waals surface area (Å²) in [5.41, 5.74) is 3.86. The van der Waals surface area contributed by atoms with Gasteiger partial charge in [-0.15, -0.1) is 0 Å². The average Bonchev–Trinajstić information content (AvgIpc) is 2.73. The Hall–Kier alpha value is -2.38. The molecule has 2 aromatic rings. The molecular weight excluding hydrogens is 400 g/mol. The third kappa shape index (κ3) is 5.21. The van der Waals surface area contributed by atoms with Crippen molar-refractivity contribution in [3.05, 3.63) is 53.1 Å². The molecule has 1 fully saturated rings. The Morgan fingerprint density at radius 1 is 1.07 bits per heavy atom. The van der Waals surface area contributed by atoms with Crippen molar-refractivity contribution in [1.29, 1.82) is 0 Å². The monoisotopic (exact) mass is 430 g/mol. The lowest BCUT2D eigenvalue weighted by molar-refractivity contribution is -0.116. The van der Waals surface area contributed by atoms with E-state index in [1.54, 1.807) is 6.07 Å². The van der Waals surface area contributed by atoms with E-state index in [0.29, 0.717) is 37.4 Å². The summed E-state index contributed by atoms with van der Waals surface area (Å²) >= 11 is 0. The lowest BCUT2D eigenvalue weighted by atomic mass is 10.0. The molecule has 0 aromatic heterocycles. The van der Waals surface area contributed by atoms with Crippen LogP contribution in [0.3, 0.4) is 0 Å². The van der Waals surface area contributed by atoms with Crippen LogP contribution in [0.5, 0.6) is 5.75 Å². The fourth-order valence-electron chi connectivity index (χ4n) is 3.79. The van der Waals surface area contributed by atoms with Gasteiger partial charge in [-0.25, -0.2) is 8.42 Å². The molecule has 1 saturated heterocycles. The summed E-state index contributed by atoms with van der Waals surface area (Å²) < 4.78 is 32.8. The van der Waals surface area contributed by atoms with Crippen molar-refractivity contribution in [2.24, 2.45) is 0 Å². The smallest absolute Gasteiger partial charge is 0.243 e. The first-order valence-corrected chi connectivity index (χ1v) is 11.8. The van der Waals surface area contributed by atoms with E-state index in [1.807, 2.05) is 26.0 Å². The Morgan fingerprint density at radius 3 is 2.47 bits per heavy atom. The van der Waals surface area contributed by atoms with Crippen molar-refractivity contribution < 1.29 is 17.9 Å². The van der Waals surface area contributed by atoms with Crippen LogP contribution in [0.25, 0.3) is 0 Å². The van der Waals surface area contributed by atoms with Gasteiger partial charge in [-0.1, -0.05) is 30.2 Å².